The van der Waals surface area contributed by atoms with Gasteiger partial charge >= 0.3 is 0 Å². The molecule has 10 heavy (non-hydrogen) atoms. The Morgan fingerprint density at radius 3 is 3.00 bits per heavy atom. The molecule has 1 atom stereocenters. The maximum Gasteiger partial charge on any atom is 0.154 e. The maximum absolute atomic E-state index is 10.1. The fourth-order valence-corrected chi connectivity index (χ4v) is 0.744. The van der Waals surface area contributed by atoms with Gasteiger partial charge in [0, 0.05) is 13.2 Å². The van der Waals surface area contributed by atoms with Crippen molar-refractivity contribution >= 4 is 6.29 Å². The lowest BCUT2D eigenvalue weighted by atomic mass is 10.3. The molecular formula is C6H8N2O2. The molecule has 1 unspecified atom stereocenters. The van der Waals surface area contributed by atoms with Gasteiger partial charge in [0.1, 0.15) is 0 Å². The average molecular weight is 140 g/mol. The first kappa shape index (κ1) is 6.95. The molecule has 4 heteroatoms. The standard InChI is InChI=1S/C6H8N2O2/c1-8-5(2-3-7-8)6(10)4-9/h2-4,6,10H,1H3. The van der Waals surface area contributed by atoms with E-state index in [1.807, 2.05) is 0 Å². The molecule has 0 saturated carbocycles. The third kappa shape index (κ3) is 1.06. The van der Waals surface area contributed by atoms with Crippen LogP contribution in [0.3, 0.4) is 0 Å². The van der Waals surface area contributed by atoms with Crippen LogP contribution < -0.4 is 0 Å². The number of aliphatic hydroxyl groups is 1. The van der Waals surface area contributed by atoms with Crippen molar-refractivity contribution in [3.63, 3.8) is 0 Å². The number of aromatic nitrogens is 2. The van der Waals surface area contributed by atoms with E-state index >= 15 is 0 Å². The summed E-state index contributed by atoms with van der Waals surface area (Å²) in [7, 11) is 1.67. The van der Waals surface area contributed by atoms with Crippen molar-refractivity contribution in [2.24, 2.45) is 7.05 Å². The largest absolute Gasteiger partial charge is 0.379 e. The SMILES string of the molecule is Cn1nccc1C(O)C=O. The van der Waals surface area contributed by atoms with Gasteiger partial charge in [-0.3, -0.25) is 4.68 Å². The predicted octanol–water partition coefficient (Wildman–Crippen LogP) is -0.348. The van der Waals surface area contributed by atoms with Crippen LogP contribution in [0.1, 0.15) is 11.8 Å². The summed E-state index contributed by atoms with van der Waals surface area (Å²) < 4.78 is 1.46. The fourth-order valence-electron chi connectivity index (χ4n) is 0.744. The monoisotopic (exact) mass is 140 g/mol. The quantitative estimate of drug-likeness (QED) is 0.571. The Morgan fingerprint density at radius 1 is 1.90 bits per heavy atom. The lowest BCUT2D eigenvalue weighted by Gasteiger charge is -2.01. The average Bonchev–Trinajstić information content (AvgIpc) is 2.34. The van der Waals surface area contributed by atoms with Crippen LogP contribution in [0.4, 0.5) is 0 Å². The Hall–Kier alpha value is -1.16. The van der Waals surface area contributed by atoms with Gasteiger partial charge in [-0.1, -0.05) is 0 Å². The summed E-state index contributed by atoms with van der Waals surface area (Å²) in [5, 5.41) is 12.8. The highest BCUT2D eigenvalue weighted by Gasteiger charge is 2.08. The highest BCUT2D eigenvalue weighted by molar-refractivity contribution is 5.58. The molecule has 0 fully saturated rings. The summed E-state index contributed by atoms with van der Waals surface area (Å²) in [6.45, 7) is 0. The molecule has 0 aliphatic heterocycles. The van der Waals surface area contributed by atoms with Crippen LogP contribution in [0.25, 0.3) is 0 Å². The number of rotatable bonds is 2. The molecule has 0 spiro atoms. The van der Waals surface area contributed by atoms with Crippen LogP contribution in [0, 0.1) is 0 Å². The van der Waals surface area contributed by atoms with Gasteiger partial charge in [0.2, 0.25) is 0 Å². The molecule has 0 amide bonds. The van der Waals surface area contributed by atoms with E-state index in [9.17, 15) is 4.79 Å². The van der Waals surface area contributed by atoms with E-state index in [4.69, 9.17) is 5.11 Å². The second-order valence-corrected chi connectivity index (χ2v) is 1.96. The van der Waals surface area contributed by atoms with Crippen molar-refractivity contribution in [1.82, 2.24) is 9.78 Å². The third-order valence-corrected chi connectivity index (χ3v) is 1.29. The zero-order valence-electron chi connectivity index (χ0n) is 5.56. The molecular weight excluding hydrogens is 132 g/mol. The molecule has 54 valence electrons. The van der Waals surface area contributed by atoms with Crippen molar-refractivity contribution in [2.45, 2.75) is 6.10 Å². The number of aliphatic hydroxyl groups excluding tert-OH is 1. The minimum atomic E-state index is -1.05. The Balaban J connectivity index is 2.92. The smallest absolute Gasteiger partial charge is 0.154 e. The second kappa shape index (κ2) is 2.62. The van der Waals surface area contributed by atoms with E-state index in [2.05, 4.69) is 5.10 Å². The first-order valence-corrected chi connectivity index (χ1v) is 2.87. The van der Waals surface area contributed by atoms with Crippen LogP contribution in [-0.4, -0.2) is 21.2 Å². The summed E-state index contributed by atoms with van der Waals surface area (Å²) >= 11 is 0. The minimum absolute atomic E-state index is 0.469. The first-order chi connectivity index (χ1) is 4.75. The number of nitrogens with zero attached hydrogens (tertiary/aromatic N) is 2. The van der Waals surface area contributed by atoms with Crippen molar-refractivity contribution in [1.29, 1.82) is 0 Å². The number of carbonyl (C=O) groups is 1. The Bertz CT molecular complexity index is 231. The fraction of sp³-hybridized carbons (Fsp3) is 0.333. The zero-order chi connectivity index (χ0) is 7.56. The molecule has 0 aromatic carbocycles. The molecule has 0 bridgehead atoms. The molecule has 1 aromatic rings. The molecule has 0 aliphatic carbocycles. The van der Waals surface area contributed by atoms with E-state index < -0.39 is 6.10 Å². The van der Waals surface area contributed by atoms with Crippen molar-refractivity contribution in [3.8, 4) is 0 Å². The van der Waals surface area contributed by atoms with Crippen molar-refractivity contribution in [3.05, 3.63) is 18.0 Å². The Morgan fingerprint density at radius 2 is 2.60 bits per heavy atom. The molecule has 0 radical (unpaired) electrons. The normalized spacial score (nSPS) is 13.0. The minimum Gasteiger partial charge on any atom is -0.379 e. The van der Waals surface area contributed by atoms with Gasteiger partial charge in [0.25, 0.3) is 0 Å². The summed E-state index contributed by atoms with van der Waals surface area (Å²) in [6, 6.07) is 1.60. The van der Waals surface area contributed by atoms with Crippen LogP contribution >= 0.6 is 0 Å². The Labute approximate surface area is 58.1 Å². The topological polar surface area (TPSA) is 55.1 Å². The number of hydrogen-bond acceptors (Lipinski definition) is 3. The van der Waals surface area contributed by atoms with Gasteiger partial charge in [-0.15, -0.1) is 0 Å². The summed E-state index contributed by atoms with van der Waals surface area (Å²) in [5.74, 6) is 0. The molecule has 1 rings (SSSR count). The number of aldehydes is 1. The number of aryl methyl sites for hydroxylation is 1. The molecule has 0 saturated heterocycles. The molecule has 1 heterocycles. The molecule has 4 nitrogen and oxygen atoms in total. The maximum atomic E-state index is 10.1. The highest BCUT2D eigenvalue weighted by atomic mass is 16.3. The summed E-state index contributed by atoms with van der Waals surface area (Å²) in [6.07, 6.45) is 0.950. The van der Waals surface area contributed by atoms with Crippen LogP contribution in [0.15, 0.2) is 12.3 Å². The van der Waals surface area contributed by atoms with Crippen LogP contribution in [0.2, 0.25) is 0 Å². The van der Waals surface area contributed by atoms with Crippen molar-refractivity contribution in [2.75, 3.05) is 0 Å². The van der Waals surface area contributed by atoms with E-state index in [1.54, 1.807) is 13.1 Å². The van der Waals surface area contributed by atoms with Gasteiger partial charge < -0.3 is 9.90 Å². The van der Waals surface area contributed by atoms with Crippen LogP contribution in [0.5, 0.6) is 0 Å². The number of carbonyl (C=O) groups excluding carboxylic acids is 1. The van der Waals surface area contributed by atoms with E-state index in [1.165, 1.54) is 10.9 Å². The lowest BCUT2D eigenvalue weighted by molar-refractivity contribution is -0.115. The second-order valence-electron chi connectivity index (χ2n) is 1.96. The first-order valence-electron chi connectivity index (χ1n) is 2.87. The van der Waals surface area contributed by atoms with E-state index in [0.29, 0.717) is 12.0 Å². The predicted molar refractivity (Wildman–Crippen MR) is 34.2 cm³/mol. The van der Waals surface area contributed by atoms with E-state index in [0.717, 1.165) is 0 Å². The van der Waals surface area contributed by atoms with Gasteiger partial charge in [0.15, 0.2) is 12.4 Å². The summed E-state index contributed by atoms with van der Waals surface area (Å²) in [4.78, 5) is 10.1. The third-order valence-electron chi connectivity index (χ3n) is 1.29. The van der Waals surface area contributed by atoms with Gasteiger partial charge in [-0.05, 0) is 6.07 Å². The Kier molecular flexibility index (Phi) is 1.82. The van der Waals surface area contributed by atoms with Gasteiger partial charge in [-0.25, -0.2) is 0 Å². The van der Waals surface area contributed by atoms with E-state index in [-0.39, 0.29) is 0 Å². The molecule has 1 N–H and O–H groups in total. The lowest BCUT2D eigenvalue weighted by Crippen LogP contribution is -2.05. The van der Waals surface area contributed by atoms with Crippen molar-refractivity contribution < 1.29 is 9.90 Å². The zero-order valence-corrected chi connectivity index (χ0v) is 5.56. The summed E-state index contributed by atoms with van der Waals surface area (Å²) in [5.41, 5.74) is 0.509. The van der Waals surface area contributed by atoms with Gasteiger partial charge in [-0.2, -0.15) is 5.10 Å². The molecule has 1 aromatic heterocycles. The van der Waals surface area contributed by atoms with Gasteiger partial charge in [0.05, 0.1) is 5.69 Å². The number of hydrogen-bond donors (Lipinski definition) is 1. The van der Waals surface area contributed by atoms with Crippen LogP contribution in [-0.2, 0) is 11.8 Å². The molecule has 0 aliphatic rings. The highest BCUT2D eigenvalue weighted by Crippen LogP contribution is 2.06.